The van der Waals surface area contributed by atoms with Crippen LogP contribution in [0.1, 0.15) is 19.8 Å². The summed E-state index contributed by atoms with van der Waals surface area (Å²) in [5, 5.41) is 6.42. The molecule has 1 aromatic rings. The number of nitrogens with one attached hydrogen (secondary N) is 2. The third kappa shape index (κ3) is 2.61. The highest BCUT2D eigenvalue weighted by Gasteiger charge is 2.27. The number of aromatic nitrogens is 2. The van der Waals surface area contributed by atoms with Crippen LogP contribution >= 0.6 is 0 Å². The second-order valence-electron chi connectivity index (χ2n) is 4.34. The van der Waals surface area contributed by atoms with Crippen molar-refractivity contribution in [2.45, 2.75) is 25.3 Å². The summed E-state index contributed by atoms with van der Waals surface area (Å²) in [4.78, 5) is 8.54. The summed E-state index contributed by atoms with van der Waals surface area (Å²) < 4.78 is 5.36. The molecule has 16 heavy (non-hydrogen) atoms. The van der Waals surface area contributed by atoms with Gasteiger partial charge in [0.2, 0.25) is 0 Å². The lowest BCUT2D eigenvalue weighted by molar-refractivity contribution is 0.0657. The number of hydrogen-bond donors (Lipinski definition) is 2. The molecule has 5 nitrogen and oxygen atoms in total. The van der Waals surface area contributed by atoms with Crippen LogP contribution in [0.25, 0.3) is 0 Å². The van der Waals surface area contributed by atoms with E-state index in [9.17, 15) is 0 Å². The molecule has 0 aromatic carbocycles. The molecule has 1 saturated heterocycles. The molecule has 1 aromatic heterocycles. The van der Waals surface area contributed by atoms with E-state index in [1.165, 1.54) is 0 Å². The van der Waals surface area contributed by atoms with E-state index >= 15 is 0 Å². The molecule has 2 rings (SSSR count). The van der Waals surface area contributed by atoms with E-state index in [0.29, 0.717) is 0 Å². The molecule has 0 spiro atoms. The van der Waals surface area contributed by atoms with Gasteiger partial charge in [0.05, 0.1) is 12.4 Å². The van der Waals surface area contributed by atoms with E-state index in [2.05, 4.69) is 27.5 Å². The van der Waals surface area contributed by atoms with Crippen LogP contribution in [-0.2, 0) is 4.74 Å². The van der Waals surface area contributed by atoms with Crippen molar-refractivity contribution in [2.24, 2.45) is 0 Å². The molecule has 2 heterocycles. The Kier molecular flexibility index (Phi) is 3.24. The first kappa shape index (κ1) is 11.1. The van der Waals surface area contributed by atoms with Crippen LogP contribution in [0, 0.1) is 0 Å². The van der Waals surface area contributed by atoms with E-state index in [-0.39, 0.29) is 5.54 Å². The quantitative estimate of drug-likeness (QED) is 0.811. The van der Waals surface area contributed by atoms with Gasteiger partial charge in [-0.1, -0.05) is 0 Å². The Morgan fingerprint density at radius 3 is 2.62 bits per heavy atom. The van der Waals surface area contributed by atoms with Crippen molar-refractivity contribution in [3.05, 3.63) is 12.4 Å². The Morgan fingerprint density at radius 1 is 1.25 bits per heavy atom. The van der Waals surface area contributed by atoms with Gasteiger partial charge in [0.15, 0.2) is 0 Å². The van der Waals surface area contributed by atoms with Crippen molar-refractivity contribution < 1.29 is 4.74 Å². The monoisotopic (exact) mass is 222 g/mol. The van der Waals surface area contributed by atoms with Crippen molar-refractivity contribution in [1.29, 1.82) is 0 Å². The van der Waals surface area contributed by atoms with E-state index in [0.717, 1.165) is 37.7 Å². The van der Waals surface area contributed by atoms with Gasteiger partial charge in [-0.15, -0.1) is 0 Å². The van der Waals surface area contributed by atoms with Gasteiger partial charge in [-0.2, -0.15) is 0 Å². The molecule has 1 aliphatic rings. The van der Waals surface area contributed by atoms with E-state index in [1.807, 2.05) is 7.05 Å². The normalized spacial score (nSPS) is 19.1. The average Bonchev–Trinajstić information content (AvgIpc) is 2.29. The van der Waals surface area contributed by atoms with E-state index in [1.54, 1.807) is 12.4 Å². The molecular weight excluding hydrogens is 204 g/mol. The molecular formula is C11H18N4O. The zero-order valence-corrected chi connectivity index (χ0v) is 9.79. The van der Waals surface area contributed by atoms with Gasteiger partial charge in [0, 0.05) is 25.8 Å². The van der Waals surface area contributed by atoms with Gasteiger partial charge >= 0.3 is 0 Å². The predicted octanol–water partition coefficient (Wildman–Crippen LogP) is 1.50. The summed E-state index contributed by atoms with van der Waals surface area (Å²) >= 11 is 0. The fraction of sp³-hybridized carbons (Fsp3) is 0.636. The minimum absolute atomic E-state index is 0.0687. The molecule has 88 valence electrons. The van der Waals surface area contributed by atoms with Crippen LogP contribution in [0.2, 0.25) is 0 Å². The Labute approximate surface area is 95.6 Å². The van der Waals surface area contributed by atoms with E-state index < -0.39 is 0 Å². The largest absolute Gasteiger partial charge is 0.381 e. The van der Waals surface area contributed by atoms with Gasteiger partial charge in [-0.05, 0) is 19.8 Å². The third-order valence-electron chi connectivity index (χ3n) is 2.92. The van der Waals surface area contributed by atoms with Crippen molar-refractivity contribution in [3.8, 4) is 0 Å². The van der Waals surface area contributed by atoms with Gasteiger partial charge in [0.1, 0.15) is 11.6 Å². The summed E-state index contributed by atoms with van der Waals surface area (Å²) in [5.74, 6) is 1.59. The fourth-order valence-corrected chi connectivity index (χ4v) is 1.80. The highest BCUT2D eigenvalue weighted by atomic mass is 16.5. The standard InChI is InChI=1S/C11H18N4O/c1-11(3-5-16-6-4-11)15-10-8-13-7-9(12-2)14-10/h7-8H,3-6H2,1-2H3,(H2,12,14,15). The molecule has 0 unspecified atom stereocenters. The smallest absolute Gasteiger partial charge is 0.147 e. The molecule has 0 radical (unpaired) electrons. The number of nitrogens with zero attached hydrogens (tertiary/aromatic N) is 2. The molecule has 1 aliphatic heterocycles. The summed E-state index contributed by atoms with van der Waals surface area (Å²) in [5.41, 5.74) is 0.0687. The van der Waals surface area contributed by atoms with Gasteiger partial charge < -0.3 is 15.4 Å². The Morgan fingerprint density at radius 2 is 1.94 bits per heavy atom. The summed E-state index contributed by atoms with van der Waals surface area (Å²) in [6, 6.07) is 0. The molecule has 5 heteroatoms. The first-order valence-corrected chi connectivity index (χ1v) is 5.58. The van der Waals surface area contributed by atoms with E-state index in [4.69, 9.17) is 4.74 Å². The van der Waals surface area contributed by atoms with Crippen LogP contribution in [0.3, 0.4) is 0 Å². The molecule has 0 amide bonds. The summed E-state index contributed by atoms with van der Waals surface area (Å²) in [6.07, 6.45) is 5.45. The molecule has 0 bridgehead atoms. The second-order valence-corrected chi connectivity index (χ2v) is 4.34. The lowest BCUT2D eigenvalue weighted by Gasteiger charge is -2.34. The maximum Gasteiger partial charge on any atom is 0.147 e. The summed E-state index contributed by atoms with van der Waals surface area (Å²) in [6.45, 7) is 3.81. The average molecular weight is 222 g/mol. The maximum atomic E-state index is 5.36. The topological polar surface area (TPSA) is 59.1 Å². The second kappa shape index (κ2) is 4.65. The number of ether oxygens (including phenoxy) is 1. The first-order chi connectivity index (χ1) is 7.72. The van der Waals surface area contributed by atoms with Crippen LogP contribution in [0.4, 0.5) is 11.6 Å². The van der Waals surface area contributed by atoms with Crippen molar-refractivity contribution in [1.82, 2.24) is 9.97 Å². The zero-order chi connectivity index (χ0) is 11.4. The molecule has 0 aliphatic carbocycles. The van der Waals surface area contributed by atoms with Gasteiger partial charge in [-0.25, -0.2) is 4.98 Å². The third-order valence-corrected chi connectivity index (χ3v) is 2.92. The number of rotatable bonds is 3. The Balaban J connectivity index is 2.07. The highest BCUT2D eigenvalue weighted by Crippen LogP contribution is 2.24. The first-order valence-electron chi connectivity index (χ1n) is 5.58. The SMILES string of the molecule is CNc1cncc(NC2(C)CCOCC2)n1. The fourth-order valence-electron chi connectivity index (χ4n) is 1.80. The van der Waals surface area contributed by atoms with Crippen LogP contribution < -0.4 is 10.6 Å². The maximum absolute atomic E-state index is 5.36. The minimum atomic E-state index is 0.0687. The molecule has 0 atom stereocenters. The van der Waals surface area contributed by atoms with Crippen molar-refractivity contribution in [2.75, 3.05) is 30.9 Å². The lowest BCUT2D eigenvalue weighted by Crippen LogP contribution is -2.40. The lowest BCUT2D eigenvalue weighted by atomic mass is 9.92. The van der Waals surface area contributed by atoms with Gasteiger partial charge in [0.25, 0.3) is 0 Å². The number of anilines is 2. The molecule has 0 saturated carbocycles. The van der Waals surface area contributed by atoms with Crippen molar-refractivity contribution in [3.63, 3.8) is 0 Å². The summed E-state index contributed by atoms with van der Waals surface area (Å²) in [7, 11) is 1.84. The van der Waals surface area contributed by atoms with Crippen LogP contribution in [-0.4, -0.2) is 35.8 Å². The van der Waals surface area contributed by atoms with Crippen LogP contribution in [0.15, 0.2) is 12.4 Å². The predicted molar refractivity (Wildman–Crippen MR) is 63.7 cm³/mol. The highest BCUT2D eigenvalue weighted by molar-refractivity contribution is 5.42. The number of hydrogen-bond acceptors (Lipinski definition) is 5. The molecule has 2 N–H and O–H groups in total. The van der Waals surface area contributed by atoms with Gasteiger partial charge in [-0.3, -0.25) is 4.98 Å². The zero-order valence-electron chi connectivity index (χ0n) is 9.79. The molecule has 1 fully saturated rings. The minimum Gasteiger partial charge on any atom is -0.381 e. The van der Waals surface area contributed by atoms with Crippen molar-refractivity contribution >= 4 is 11.6 Å². The Hall–Kier alpha value is -1.36. The van der Waals surface area contributed by atoms with Crippen LogP contribution in [0.5, 0.6) is 0 Å². The Bertz CT molecular complexity index is 350.